The van der Waals surface area contributed by atoms with Gasteiger partial charge in [-0.05, 0) is 36.8 Å². The summed E-state index contributed by atoms with van der Waals surface area (Å²) in [5.41, 5.74) is 1.58. The number of nitrogens with zero attached hydrogens (tertiary/aromatic N) is 3. The second-order valence-electron chi connectivity index (χ2n) is 4.94. The Labute approximate surface area is 142 Å². The molecule has 2 aromatic heterocycles. The van der Waals surface area contributed by atoms with Gasteiger partial charge >= 0.3 is 0 Å². The van der Waals surface area contributed by atoms with Gasteiger partial charge in [-0.3, -0.25) is 15.1 Å². The average molecular weight is 342 g/mol. The lowest BCUT2D eigenvalue weighted by atomic mass is 10.1. The summed E-state index contributed by atoms with van der Waals surface area (Å²) in [6.07, 6.45) is 1.66. The second kappa shape index (κ2) is 6.63. The Bertz CT molecular complexity index is 880. The fourth-order valence-corrected chi connectivity index (χ4v) is 2.82. The lowest BCUT2D eigenvalue weighted by Gasteiger charge is -2.09. The third kappa shape index (κ3) is 3.18. The number of methoxy groups -OCH3 is 1. The van der Waals surface area contributed by atoms with Gasteiger partial charge in [-0.1, -0.05) is 17.4 Å². The van der Waals surface area contributed by atoms with E-state index in [-0.39, 0.29) is 17.1 Å². The van der Waals surface area contributed by atoms with Crippen LogP contribution in [0.25, 0.3) is 10.7 Å². The van der Waals surface area contributed by atoms with Gasteiger partial charge in [-0.15, -0.1) is 10.2 Å². The molecule has 0 bridgehead atoms. The molecule has 3 aromatic rings. The van der Waals surface area contributed by atoms with Crippen molar-refractivity contribution in [3.8, 4) is 22.2 Å². The van der Waals surface area contributed by atoms with Gasteiger partial charge in [-0.2, -0.15) is 0 Å². The minimum absolute atomic E-state index is 0.112. The zero-order chi connectivity index (χ0) is 17.1. The number of aryl methyl sites for hydroxylation is 1. The highest BCUT2D eigenvalue weighted by molar-refractivity contribution is 7.18. The highest BCUT2D eigenvalue weighted by Gasteiger charge is 2.18. The largest absolute Gasteiger partial charge is 0.504 e. The van der Waals surface area contributed by atoms with Crippen LogP contribution in [0.3, 0.4) is 0 Å². The number of pyridine rings is 1. The maximum absolute atomic E-state index is 12.4. The van der Waals surface area contributed by atoms with Crippen LogP contribution < -0.4 is 10.1 Å². The molecule has 0 unspecified atom stereocenters. The zero-order valence-electron chi connectivity index (χ0n) is 13.0. The molecule has 0 spiro atoms. The second-order valence-corrected chi connectivity index (χ2v) is 5.92. The molecule has 0 aliphatic heterocycles. The molecule has 1 amide bonds. The van der Waals surface area contributed by atoms with Gasteiger partial charge in [0.25, 0.3) is 5.91 Å². The van der Waals surface area contributed by atoms with Crippen molar-refractivity contribution in [1.29, 1.82) is 0 Å². The van der Waals surface area contributed by atoms with Gasteiger partial charge in [0.1, 0.15) is 5.69 Å². The van der Waals surface area contributed by atoms with Crippen molar-refractivity contribution < 1.29 is 14.6 Å². The summed E-state index contributed by atoms with van der Waals surface area (Å²) in [5, 5.41) is 21.6. The van der Waals surface area contributed by atoms with Crippen LogP contribution in [0.5, 0.6) is 11.5 Å². The monoisotopic (exact) mass is 342 g/mol. The van der Waals surface area contributed by atoms with Gasteiger partial charge in [0.15, 0.2) is 16.5 Å². The van der Waals surface area contributed by atoms with Crippen LogP contribution in [0, 0.1) is 6.92 Å². The Morgan fingerprint density at radius 1 is 1.29 bits per heavy atom. The molecule has 0 radical (unpaired) electrons. The van der Waals surface area contributed by atoms with Crippen molar-refractivity contribution in [2.45, 2.75) is 6.92 Å². The Morgan fingerprint density at radius 3 is 2.83 bits per heavy atom. The summed E-state index contributed by atoms with van der Waals surface area (Å²) >= 11 is 1.20. The molecule has 7 nitrogen and oxygen atoms in total. The smallest absolute Gasteiger partial charge is 0.261 e. The number of anilines is 1. The van der Waals surface area contributed by atoms with Crippen LogP contribution >= 0.6 is 11.3 Å². The SMILES string of the molecule is COc1cc(C)cc(C(=O)Nc2nnc(-c3ccccn3)s2)c1O. The number of ether oxygens (including phenoxy) is 1. The first-order chi connectivity index (χ1) is 11.6. The summed E-state index contributed by atoms with van der Waals surface area (Å²) in [5.74, 6) is -0.458. The molecule has 24 heavy (non-hydrogen) atoms. The minimum Gasteiger partial charge on any atom is -0.504 e. The Morgan fingerprint density at radius 2 is 2.12 bits per heavy atom. The Kier molecular flexibility index (Phi) is 4.39. The van der Waals surface area contributed by atoms with E-state index in [4.69, 9.17) is 4.74 Å². The van der Waals surface area contributed by atoms with Crippen molar-refractivity contribution in [1.82, 2.24) is 15.2 Å². The summed E-state index contributed by atoms with van der Waals surface area (Å²) in [7, 11) is 1.43. The predicted molar refractivity (Wildman–Crippen MR) is 90.5 cm³/mol. The summed E-state index contributed by atoms with van der Waals surface area (Å²) in [6.45, 7) is 1.81. The number of phenolic OH excluding ortho intramolecular Hbond substituents is 1. The molecule has 0 saturated carbocycles. The molecule has 0 atom stereocenters. The number of phenols is 1. The van der Waals surface area contributed by atoms with Crippen molar-refractivity contribution >= 4 is 22.4 Å². The number of carbonyl (C=O) groups is 1. The number of amides is 1. The van der Waals surface area contributed by atoms with E-state index in [1.807, 2.05) is 19.1 Å². The predicted octanol–water partition coefficient (Wildman–Crippen LogP) is 2.88. The van der Waals surface area contributed by atoms with E-state index in [1.165, 1.54) is 18.4 Å². The fourth-order valence-electron chi connectivity index (χ4n) is 2.11. The Balaban J connectivity index is 1.84. The fraction of sp³-hybridized carbons (Fsp3) is 0.125. The van der Waals surface area contributed by atoms with Crippen molar-refractivity contribution in [2.75, 3.05) is 12.4 Å². The molecule has 122 valence electrons. The molecule has 2 heterocycles. The van der Waals surface area contributed by atoms with Crippen LogP contribution in [-0.4, -0.2) is 33.3 Å². The third-order valence-electron chi connectivity index (χ3n) is 3.21. The lowest BCUT2D eigenvalue weighted by Crippen LogP contribution is -2.12. The first-order valence-corrected chi connectivity index (χ1v) is 7.84. The molecule has 1 aromatic carbocycles. The van der Waals surface area contributed by atoms with Crippen LogP contribution in [0.15, 0.2) is 36.5 Å². The molecule has 0 aliphatic rings. The van der Waals surface area contributed by atoms with Crippen molar-refractivity contribution in [3.63, 3.8) is 0 Å². The number of hydrogen-bond acceptors (Lipinski definition) is 7. The molecular formula is C16H14N4O3S. The molecule has 3 rings (SSSR count). The lowest BCUT2D eigenvalue weighted by molar-refractivity contribution is 0.102. The number of aromatic nitrogens is 3. The highest BCUT2D eigenvalue weighted by Crippen LogP contribution is 2.32. The molecule has 0 fully saturated rings. The van der Waals surface area contributed by atoms with E-state index in [0.29, 0.717) is 15.8 Å². The van der Waals surface area contributed by atoms with Crippen molar-refractivity contribution in [2.24, 2.45) is 0 Å². The van der Waals surface area contributed by atoms with Crippen molar-refractivity contribution in [3.05, 3.63) is 47.7 Å². The number of carbonyl (C=O) groups excluding carboxylic acids is 1. The van der Waals surface area contributed by atoms with E-state index in [2.05, 4.69) is 20.5 Å². The van der Waals surface area contributed by atoms with Gasteiger partial charge in [0, 0.05) is 6.20 Å². The zero-order valence-corrected chi connectivity index (χ0v) is 13.8. The number of rotatable bonds is 4. The summed E-state index contributed by atoms with van der Waals surface area (Å²) in [4.78, 5) is 16.6. The van der Waals surface area contributed by atoms with E-state index in [0.717, 1.165) is 5.56 Å². The number of nitrogens with one attached hydrogen (secondary N) is 1. The topological polar surface area (TPSA) is 97.2 Å². The van der Waals surface area contributed by atoms with Crippen LogP contribution in [0.4, 0.5) is 5.13 Å². The van der Waals surface area contributed by atoms with E-state index in [1.54, 1.807) is 24.4 Å². The molecule has 2 N–H and O–H groups in total. The van der Waals surface area contributed by atoms with E-state index >= 15 is 0 Å². The van der Waals surface area contributed by atoms with E-state index < -0.39 is 5.91 Å². The third-order valence-corrected chi connectivity index (χ3v) is 4.07. The van der Waals surface area contributed by atoms with Crippen LogP contribution in [0.1, 0.15) is 15.9 Å². The number of benzene rings is 1. The summed E-state index contributed by atoms with van der Waals surface area (Å²) in [6, 6.07) is 8.69. The number of aromatic hydroxyl groups is 1. The van der Waals surface area contributed by atoms with Gasteiger partial charge < -0.3 is 9.84 Å². The maximum Gasteiger partial charge on any atom is 0.261 e. The average Bonchev–Trinajstić information content (AvgIpc) is 3.05. The first kappa shape index (κ1) is 15.9. The quantitative estimate of drug-likeness (QED) is 0.757. The maximum atomic E-state index is 12.4. The normalized spacial score (nSPS) is 10.4. The van der Waals surface area contributed by atoms with Gasteiger partial charge in [0.05, 0.1) is 12.7 Å². The van der Waals surface area contributed by atoms with Crippen LogP contribution in [-0.2, 0) is 0 Å². The first-order valence-electron chi connectivity index (χ1n) is 7.02. The Hall–Kier alpha value is -3.00. The van der Waals surface area contributed by atoms with E-state index in [9.17, 15) is 9.90 Å². The molecular weight excluding hydrogens is 328 g/mol. The number of hydrogen-bond donors (Lipinski definition) is 2. The molecule has 0 saturated heterocycles. The summed E-state index contributed by atoms with van der Waals surface area (Å²) < 4.78 is 5.07. The highest BCUT2D eigenvalue weighted by atomic mass is 32.1. The van der Waals surface area contributed by atoms with Gasteiger partial charge in [0.2, 0.25) is 5.13 Å². The molecule has 8 heteroatoms. The standard InChI is InChI=1S/C16H14N4O3S/c1-9-7-10(13(21)12(8-9)23-2)14(22)18-16-20-19-15(24-16)11-5-3-4-6-17-11/h3-8,21H,1-2H3,(H,18,20,22). The van der Waals surface area contributed by atoms with Crippen LogP contribution in [0.2, 0.25) is 0 Å². The van der Waals surface area contributed by atoms with Gasteiger partial charge in [-0.25, -0.2) is 0 Å². The minimum atomic E-state index is -0.488. The molecule has 0 aliphatic carbocycles.